The maximum atomic E-state index is 3.56. The van der Waals surface area contributed by atoms with Crippen molar-refractivity contribution in [1.82, 2.24) is 10.2 Å². The van der Waals surface area contributed by atoms with Gasteiger partial charge in [-0.3, -0.25) is 0 Å². The van der Waals surface area contributed by atoms with Crippen LogP contribution in [0.3, 0.4) is 0 Å². The summed E-state index contributed by atoms with van der Waals surface area (Å²) in [5, 5.41) is 3.56. The molecule has 112 valence electrons. The number of nitrogens with one attached hydrogen (secondary N) is 1. The van der Waals surface area contributed by atoms with E-state index in [1.165, 1.54) is 71.2 Å². The summed E-state index contributed by atoms with van der Waals surface area (Å²) in [5.41, 5.74) is 0.577. The van der Waals surface area contributed by atoms with Crippen LogP contribution in [-0.4, -0.2) is 37.6 Å². The summed E-state index contributed by atoms with van der Waals surface area (Å²) in [6.45, 7) is 13.8. The van der Waals surface area contributed by atoms with Crippen molar-refractivity contribution >= 4 is 0 Å². The van der Waals surface area contributed by atoms with Gasteiger partial charge >= 0.3 is 0 Å². The van der Waals surface area contributed by atoms with Gasteiger partial charge in [0.1, 0.15) is 0 Å². The predicted octanol–water partition coefficient (Wildman–Crippen LogP) is 3.52. The predicted molar refractivity (Wildman–Crippen MR) is 83.4 cm³/mol. The first-order valence-corrected chi connectivity index (χ1v) is 8.50. The fourth-order valence-corrected chi connectivity index (χ4v) is 3.69. The summed E-state index contributed by atoms with van der Waals surface area (Å²) in [5.74, 6) is 1.82. The summed E-state index contributed by atoms with van der Waals surface area (Å²) < 4.78 is 0. The minimum atomic E-state index is 0.577. The number of likely N-dealkylation sites (tertiary alicyclic amines) is 1. The molecule has 2 rings (SSSR count). The van der Waals surface area contributed by atoms with E-state index >= 15 is 0 Å². The summed E-state index contributed by atoms with van der Waals surface area (Å²) in [6, 6.07) is 0. The van der Waals surface area contributed by atoms with Gasteiger partial charge in [0.05, 0.1) is 0 Å². The molecule has 2 fully saturated rings. The van der Waals surface area contributed by atoms with E-state index in [2.05, 4.69) is 31.0 Å². The van der Waals surface area contributed by atoms with Gasteiger partial charge in [0, 0.05) is 0 Å². The Hall–Kier alpha value is -0.0800. The quantitative estimate of drug-likeness (QED) is 0.837. The van der Waals surface area contributed by atoms with Gasteiger partial charge in [-0.15, -0.1) is 0 Å². The highest BCUT2D eigenvalue weighted by Crippen LogP contribution is 2.30. The molecule has 2 atom stereocenters. The van der Waals surface area contributed by atoms with Crippen molar-refractivity contribution in [2.45, 2.75) is 59.3 Å². The van der Waals surface area contributed by atoms with Crippen LogP contribution < -0.4 is 5.32 Å². The Morgan fingerprint density at radius 1 is 1.21 bits per heavy atom. The van der Waals surface area contributed by atoms with Gasteiger partial charge in [0.25, 0.3) is 0 Å². The second-order valence-electron chi connectivity index (χ2n) is 7.73. The molecule has 2 saturated heterocycles. The monoisotopic (exact) mass is 266 g/mol. The highest BCUT2D eigenvalue weighted by atomic mass is 15.1. The third-order valence-electron chi connectivity index (χ3n) is 5.47. The lowest BCUT2D eigenvalue weighted by Gasteiger charge is -2.30. The van der Waals surface area contributed by atoms with Crippen LogP contribution in [0.15, 0.2) is 0 Å². The number of piperidine rings is 1. The van der Waals surface area contributed by atoms with Crippen molar-refractivity contribution in [1.29, 1.82) is 0 Å². The molecule has 0 saturated carbocycles. The molecular weight excluding hydrogens is 232 g/mol. The highest BCUT2D eigenvalue weighted by Gasteiger charge is 2.24. The Labute approximate surface area is 120 Å². The zero-order chi connectivity index (χ0) is 13.7. The molecule has 2 nitrogen and oxygen atoms in total. The third kappa shape index (κ3) is 5.07. The molecule has 0 aliphatic carbocycles. The van der Waals surface area contributed by atoms with Crippen LogP contribution in [0.25, 0.3) is 0 Å². The second kappa shape index (κ2) is 7.08. The van der Waals surface area contributed by atoms with E-state index in [0.29, 0.717) is 5.41 Å². The van der Waals surface area contributed by atoms with E-state index in [0.717, 1.165) is 11.8 Å². The molecule has 2 aliphatic heterocycles. The minimum Gasteiger partial charge on any atom is -0.316 e. The van der Waals surface area contributed by atoms with Crippen LogP contribution in [0.1, 0.15) is 59.3 Å². The first kappa shape index (κ1) is 15.3. The van der Waals surface area contributed by atoms with Crippen LogP contribution in [0.5, 0.6) is 0 Å². The summed E-state index contributed by atoms with van der Waals surface area (Å²) in [6.07, 6.45) is 8.41. The average molecular weight is 266 g/mol. The van der Waals surface area contributed by atoms with Gasteiger partial charge in [0.15, 0.2) is 0 Å². The van der Waals surface area contributed by atoms with Gasteiger partial charge in [-0.25, -0.2) is 0 Å². The summed E-state index contributed by atoms with van der Waals surface area (Å²) in [4.78, 5) is 2.72. The number of rotatable bonds is 4. The Balaban J connectivity index is 1.69. The summed E-state index contributed by atoms with van der Waals surface area (Å²) in [7, 11) is 0. The Morgan fingerprint density at radius 2 is 2.05 bits per heavy atom. The smallest absolute Gasteiger partial charge is 0.00136 e. The average Bonchev–Trinajstić information content (AvgIpc) is 2.58. The minimum absolute atomic E-state index is 0.577. The molecule has 0 aromatic heterocycles. The van der Waals surface area contributed by atoms with Crippen LogP contribution in [0.4, 0.5) is 0 Å². The zero-order valence-electron chi connectivity index (χ0n) is 13.4. The van der Waals surface area contributed by atoms with Crippen LogP contribution in [0, 0.1) is 17.3 Å². The number of hydrogen-bond acceptors (Lipinski definition) is 2. The summed E-state index contributed by atoms with van der Waals surface area (Å²) >= 11 is 0. The Morgan fingerprint density at radius 3 is 2.79 bits per heavy atom. The topological polar surface area (TPSA) is 15.3 Å². The SMILES string of the molecule is CC(CCN1CCCC(C)(C)CC1)C1CCCNC1. The molecule has 0 radical (unpaired) electrons. The van der Waals surface area contributed by atoms with Gasteiger partial charge in [-0.2, -0.15) is 0 Å². The van der Waals surface area contributed by atoms with E-state index in [-0.39, 0.29) is 0 Å². The number of nitrogens with zero attached hydrogens (tertiary/aromatic N) is 1. The van der Waals surface area contributed by atoms with E-state index in [9.17, 15) is 0 Å². The second-order valence-corrected chi connectivity index (χ2v) is 7.73. The lowest BCUT2D eigenvalue weighted by molar-refractivity contribution is 0.211. The van der Waals surface area contributed by atoms with Crippen LogP contribution >= 0.6 is 0 Å². The van der Waals surface area contributed by atoms with E-state index in [4.69, 9.17) is 0 Å². The molecule has 2 aliphatic rings. The Kier molecular flexibility index (Phi) is 5.70. The van der Waals surface area contributed by atoms with Crippen molar-refractivity contribution in [3.8, 4) is 0 Å². The van der Waals surface area contributed by atoms with Gasteiger partial charge in [-0.05, 0) is 88.5 Å². The van der Waals surface area contributed by atoms with Gasteiger partial charge in [-0.1, -0.05) is 20.8 Å². The molecule has 1 N–H and O–H groups in total. The molecule has 0 spiro atoms. The Bertz CT molecular complexity index is 256. The zero-order valence-corrected chi connectivity index (χ0v) is 13.4. The molecule has 19 heavy (non-hydrogen) atoms. The van der Waals surface area contributed by atoms with Crippen molar-refractivity contribution in [2.24, 2.45) is 17.3 Å². The molecule has 2 heteroatoms. The molecule has 2 unspecified atom stereocenters. The first-order valence-electron chi connectivity index (χ1n) is 8.50. The lowest BCUT2D eigenvalue weighted by atomic mass is 9.85. The maximum Gasteiger partial charge on any atom is -0.00136 e. The molecule has 0 amide bonds. The maximum absolute atomic E-state index is 3.56. The molecular formula is C17H34N2. The van der Waals surface area contributed by atoms with Crippen molar-refractivity contribution < 1.29 is 0 Å². The molecule has 0 aromatic rings. The van der Waals surface area contributed by atoms with E-state index in [1.807, 2.05) is 0 Å². The highest BCUT2D eigenvalue weighted by molar-refractivity contribution is 4.78. The molecule has 0 bridgehead atoms. The van der Waals surface area contributed by atoms with E-state index in [1.54, 1.807) is 0 Å². The largest absolute Gasteiger partial charge is 0.316 e. The lowest BCUT2D eigenvalue weighted by Crippen LogP contribution is -2.35. The fourth-order valence-electron chi connectivity index (χ4n) is 3.69. The van der Waals surface area contributed by atoms with E-state index < -0.39 is 0 Å². The van der Waals surface area contributed by atoms with Gasteiger partial charge < -0.3 is 10.2 Å². The first-order chi connectivity index (χ1) is 9.07. The van der Waals surface area contributed by atoms with Crippen LogP contribution in [0.2, 0.25) is 0 Å². The van der Waals surface area contributed by atoms with Gasteiger partial charge in [0.2, 0.25) is 0 Å². The van der Waals surface area contributed by atoms with Crippen molar-refractivity contribution in [2.75, 3.05) is 32.7 Å². The standard InChI is InChI=1S/C17H34N2/c1-15(16-6-4-10-18-14-16)7-12-19-11-5-8-17(2,3)9-13-19/h15-16,18H,4-14H2,1-3H3. The van der Waals surface area contributed by atoms with Crippen molar-refractivity contribution in [3.63, 3.8) is 0 Å². The van der Waals surface area contributed by atoms with Crippen molar-refractivity contribution in [3.05, 3.63) is 0 Å². The van der Waals surface area contributed by atoms with Crippen LogP contribution in [-0.2, 0) is 0 Å². The normalized spacial score (nSPS) is 30.8. The molecule has 0 aromatic carbocycles. The fraction of sp³-hybridized carbons (Fsp3) is 1.00. The third-order valence-corrected chi connectivity index (χ3v) is 5.47. The number of hydrogen-bond donors (Lipinski definition) is 1. The molecule has 2 heterocycles.